The maximum absolute atomic E-state index is 11.6. The normalized spacial score (nSPS) is 12.8. The lowest BCUT2D eigenvalue weighted by Crippen LogP contribution is -2.08. The van der Waals surface area contributed by atoms with Gasteiger partial charge in [0.2, 0.25) is 0 Å². The van der Waals surface area contributed by atoms with Crippen LogP contribution >= 0.6 is 38.5 Å². The first-order chi connectivity index (χ1) is 9.99. The predicted octanol–water partition coefficient (Wildman–Crippen LogP) is 4.53. The molecule has 0 spiro atoms. The highest BCUT2D eigenvalue weighted by atomic mass is 127. The van der Waals surface area contributed by atoms with E-state index in [9.17, 15) is 4.79 Å². The molecule has 1 heterocycles. The van der Waals surface area contributed by atoms with Crippen LogP contribution in [-0.4, -0.2) is 4.57 Å². The van der Waals surface area contributed by atoms with Crippen molar-refractivity contribution in [3.05, 3.63) is 67.2 Å². The zero-order valence-electron chi connectivity index (χ0n) is 11.6. The molecule has 0 aliphatic rings. The molecule has 1 aromatic heterocycles. The van der Waals surface area contributed by atoms with Crippen molar-refractivity contribution < 1.29 is 4.42 Å². The van der Waals surface area contributed by atoms with Gasteiger partial charge in [-0.2, -0.15) is 0 Å². The van der Waals surface area contributed by atoms with Gasteiger partial charge in [-0.05, 0) is 58.3 Å². The van der Waals surface area contributed by atoms with Gasteiger partial charge in [-0.25, -0.2) is 4.79 Å². The van der Waals surface area contributed by atoms with Crippen LogP contribution in [0, 0.1) is 10.5 Å². The Labute approximate surface area is 144 Å². The second-order valence-electron chi connectivity index (χ2n) is 4.99. The molecule has 5 heteroatoms. The van der Waals surface area contributed by atoms with E-state index in [-0.39, 0.29) is 10.6 Å². The van der Waals surface area contributed by atoms with Gasteiger partial charge in [-0.3, -0.25) is 4.57 Å². The fraction of sp³-hybridized carbons (Fsp3) is 0.188. The Bertz CT molecular complexity index is 882. The third-order valence-electron chi connectivity index (χ3n) is 3.60. The van der Waals surface area contributed by atoms with Crippen LogP contribution < -0.4 is 5.76 Å². The molecule has 0 saturated carbocycles. The van der Waals surface area contributed by atoms with Crippen molar-refractivity contribution in [3.8, 4) is 0 Å². The van der Waals surface area contributed by atoms with Crippen LogP contribution in [-0.2, 0) is 7.05 Å². The van der Waals surface area contributed by atoms with Gasteiger partial charge in [0.25, 0.3) is 0 Å². The SMILES string of the molecule is Cc1cccc(C(Br)c2ccc3c(c2)oc(=O)n3C)c1I. The average Bonchev–Trinajstić information content (AvgIpc) is 2.76. The molecule has 2 aromatic carbocycles. The highest BCUT2D eigenvalue weighted by Crippen LogP contribution is 2.35. The topological polar surface area (TPSA) is 35.1 Å². The molecular weight excluding hydrogens is 445 g/mol. The molecule has 0 aliphatic carbocycles. The van der Waals surface area contributed by atoms with Crippen LogP contribution in [0.2, 0.25) is 0 Å². The van der Waals surface area contributed by atoms with E-state index >= 15 is 0 Å². The number of aromatic nitrogens is 1. The summed E-state index contributed by atoms with van der Waals surface area (Å²) in [6.07, 6.45) is 0. The van der Waals surface area contributed by atoms with Crippen molar-refractivity contribution in [1.82, 2.24) is 4.57 Å². The molecule has 0 bridgehead atoms. The smallest absolute Gasteiger partial charge is 0.408 e. The van der Waals surface area contributed by atoms with Gasteiger partial charge in [0.1, 0.15) is 0 Å². The summed E-state index contributed by atoms with van der Waals surface area (Å²) in [6.45, 7) is 2.10. The average molecular weight is 458 g/mol. The Balaban J connectivity index is 2.11. The third-order valence-corrected chi connectivity index (χ3v) is 6.10. The molecule has 3 aromatic rings. The van der Waals surface area contributed by atoms with Crippen molar-refractivity contribution in [2.75, 3.05) is 0 Å². The van der Waals surface area contributed by atoms with Gasteiger partial charge in [-0.15, -0.1) is 0 Å². The van der Waals surface area contributed by atoms with Crippen LogP contribution in [0.3, 0.4) is 0 Å². The van der Waals surface area contributed by atoms with Crippen molar-refractivity contribution in [1.29, 1.82) is 0 Å². The summed E-state index contributed by atoms with van der Waals surface area (Å²) in [5.74, 6) is -0.335. The summed E-state index contributed by atoms with van der Waals surface area (Å²) in [5.41, 5.74) is 4.97. The number of alkyl halides is 1. The van der Waals surface area contributed by atoms with Crippen LogP contribution in [0.4, 0.5) is 0 Å². The molecule has 0 saturated heterocycles. The Morgan fingerprint density at radius 1 is 1.29 bits per heavy atom. The van der Waals surface area contributed by atoms with Crippen molar-refractivity contribution >= 4 is 49.6 Å². The first kappa shape index (κ1) is 14.8. The minimum absolute atomic E-state index is 0.0687. The van der Waals surface area contributed by atoms with Gasteiger partial charge in [-0.1, -0.05) is 40.2 Å². The number of benzene rings is 2. The highest BCUT2D eigenvalue weighted by molar-refractivity contribution is 14.1. The highest BCUT2D eigenvalue weighted by Gasteiger charge is 2.16. The molecule has 108 valence electrons. The van der Waals surface area contributed by atoms with Gasteiger partial charge in [0.15, 0.2) is 5.58 Å². The predicted molar refractivity (Wildman–Crippen MR) is 96.1 cm³/mol. The number of oxazole rings is 1. The largest absolute Gasteiger partial charge is 0.419 e. The molecule has 3 rings (SSSR count). The molecule has 21 heavy (non-hydrogen) atoms. The fourth-order valence-corrected chi connectivity index (χ4v) is 4.12. The maximum Gasteiger partial charge on any atom is 0.419 e. The standard InChI is InChI=1S/C16H13BrINO2/c1-9-4-3-5-11(15(9)18)14(17)10-6-7-12-13(8-10)21-16(20)19(12)2/h3-8,14H,1-2H3. The van der Waals surface area contributed by atoms with Gasteiger partial charge in [0.05, 0.1) is 10.3 Å². The molecule has 0 radical (unpaired) electrons. The third kappa shape index (κ3) is 2.57. The van der Waals surface area contributed by atoms with E-state index in [1.54, 1.807) is 7.05 Å². The van der Waals surface area contributed by atoms with E-state index in [4.69, 9.17) is 4.42 Å². The second-order valence-corrected chi connectivity index (χ2v) is 6.99. The molecular formula is C16H13BrINO2. The van der Waals surface area contributed by atoms with Crippen molar-refractivity contribution in [3.63, 3.8) is 0 Å². The monoisotopic (exact) mass is 457 g/mol. The summed E-state index contributed by atoms with van der Waals surface area (Å²) in [5, 5.41) is 0. The second kappa shape index (κ2) is 5.61. The Hall–Kier alpha value is -1.08. The van der Waals surface area contributed by atoms with Crippen molar-refractivity contribution in [2.24, 2.45) is 7.05 Å². The van der Waals surface area contributed by atoms with E-state index in [1.165, 1.54) is 19.3 Å². The number of halogens is 2. The van der Waals surface area contributed by atoms with E-state index < -0.39 is 0 Å². The lowest BCUT2D eigenvalue weighted by atomic mass is 10.0. The molecule has 3 nitrogen and oxygen atoms in total. The number of rotatable bonds is 2. The van der Waals surface area contributed by atoms with Crippen LogP contribution in [0.5, 0.6) is 0 Å². The molecule has 0 aliphatic heterocycles. The number of aryl methyl sites for hydroxylation is 2. The number of hydrogen-bond donors (Lipinski definition) is 0. The molecule has 1 atom stereocenters. The van der Waals surface area contributed by atoms with E-state index in [0.717, 1.165) is 11.1 Å². The van der Waals surface area contributed by atoms with E-state index in [2.05, 4.69) is 63.6 Å². The summed E-state index contributed by atoms with van der Waals surface area (Å²) < 4.78 is 8.02. The molecule has 0 amide bonds. The van der Waals surface area contributed by atoms with Gasteiger partial charge in [0, 0.05) is 10.6 Å². The molecule has 1 unspecified atom stereocenters. The summed E-state index contributed by atoms with van der Waals surface area (Å²) in [7, 11) is 1.71. The first-order valence-electron chi connectivity index (χ1n) is 6.47. The van der Waals surface area contributed by atoms with Crippen molar-refractivity contribution in [2.45, 2.75) is 11.8 Å². The summed E-state index contributed by atoms with van der Waals surface area (Å²) in [4.78, 5) is 11.6. The Kier molecular flexibility index (Phi) is 3.96. The minimum atomic E-state index is -0.335. The van der Waals surface area contributed by atoms with Crippen LogP contribution in [0.25, 0.3) is 11.1 Å². The zero-order valence-corrected chi connectivity index (χ0v) is 15.3. The molecule has 0 N–H and O–H groups in total. The summed E-state index contributed by atoms with van der Waals surface area (Å²) in [6, 6.07) is 12.1. The quantitative estimate of drug-likeness (QED) is 0.418. The fourth-order valence-electron chi connectivity index (χ4n) is 2.35. The Morgan fingerprint density at radius 2 is 2.05 bits per heavy atom. The number of fused-ring (bicyclic) bond motifs is 1. The lowest BCUT2D eigenvalue weighted by Gasteiger charge is -2.14. The number of hydrogen-bond acceptors (Lipinski definition) is 2. The van der Waals surface area contributed by atoms with E-state index in [1.807, 2.05) is 18.2 Å². The first-order valence-corrected chi connectivity index (χ1v) is 8.47. The van der Waals surface area contributed by atoms with Gasteiger partial charge >= 0.3 is 5.76 Å². The number of nitrogens with zero attached hydrogens (tertiary/aromatic N) is 1. The minimum Gasteiger partial charge on any atom is -0.408 e. The van der Waals surface area contributed by atoms with Gasteiger partial charge < -0.3 is 4.42 Å². The molecule has 0 fully saturated rings. The Morgan fingerprint density at radius 3 is 2.81 bits per heavy atom. The van der Waals surface area contributed by atoms with E-state index in [0.29, 0.717) is 5.58 Å². The zero-order chi connectivity index (χ0) is 15.1. The maximum atomic E-state index is 11.6. The van der Waals surface area contributed by atoms with Crippen LogP contribution in [0.1, 0.15) is 21.5 Å². The lowest BCUT2D eigenvalue weighted by molar-refractivity contribution is 0.528. The van der Waals surface area contributed by atoms with Crippen LogP contribution in [0.15, 0.2) is 45.6 Å². The summed E-state index contributed by atoms with van der Waals surface area (Å²) >= 11 is 6.13.